The predicted molar refractivity (Wildman–Crippen MR) is 77.1 cm³/mol. The highest BCUT2D eigenvalue weighted by molar-refractivity contribution is 5.74. The van der Waals surface area contributed by atoms with Gasteiger partial charge in [0, 0.05) is 19.7 Å². The van der Waals surface area contributed by atoms with Gasteiger partial charge in [0.2, 0.25) is 0 Å². The largest absolute Gasteiger partial charge is 0.497 e. The lowest BCUT2D eigenvalue weighted by atomic mass is 10.1. The first-order valence-corrected chi connectivity index (χ1v) is 5.99. The van der Waals surface area contributed by atoms with E-state index in [-0.39, 0.29) is 0 Å². The second-order valence-electron chi connectivity index (χ2n) is 4.34. The summed E-state index contributed by atoms with van der Waals surface area (Å²) in [5.74, 6) is 1.21. The Hall–Kier alpha value is -2.81. The zero-order chi connectivity index (χ0) is 14.5. The topological polar surface area (TPSA) is 77.3 Å². The number of hydrogen-bond donors (Lipinski definition) is 1. The molecule has 2 rings (SSSR count). The molecule has 102 valence electrons. The molecule has 1 aromatic carbocycles. The first-order chi connectivity index (χ1) is 9.65. The Bertz CT molecular complexity index is 649. The van der Waals surface area contributed by atoms with E-state index in [4.69, 9.17) is 4.74 Å². The number of aliphatic imine (C=N–C) groups is 1. The summed E-state index contributed by atoms with van der Waals surface area (Å²) < 4.78 is 5.11. The lowest BCUT2D eigenvalue weighted by Gasteiger charge is -2.02. The Labute approximate surface area is 117 Å². The number of nitrogens with zero attached hydrogens (tertiary/aromatic N) is 4. The van der Waals surface area contributed by atoms with Gasteiger partial charge < -0.3 is 9.64 Å². The summed E-state index contributed by atoms with van der Waals surface area (Å²) in [5.41, 5.74) is 1.85. The number of methoxy groups -OCH3 is 1. The van der Waals surface area contributed by atoms with Crippen LogP contribution in [0.4, 0.5) is 5.82 Å². The lowest BCUT2D eigenvalue weighted by molar-refractivity contribution is 0.415. The van der Waals surface area contributed by atoms with Gasteiger partial charge in [0.1, 0.15) is 23.1 Å². The second-order valence-corrected chi connectivity index (χ2v) is 4.34. The maximum atomic E-state index is 9.29. The van der Waals surface area contributed by atoms with Gasteiger partial charge in [-0.2, -0.15) is 10.4 Å². The molecule has 0 aliphatic rings. The van der Waals surface area contributed by atoms with Crippen molar-refractivity contribution < 1.29 is 4.74 Å². The maximum Gasteiger partial charge on any atom is 0.168 e. The number of aromatic nitrogens is 2. The Morgan fingerprint density at radius 3 is 2.60 bits per heavy atom. The second kappa shape index (κ2) is 5.89. The lowest BCUT2D eigenvalue weighted by Crippen LogP contribution is -2.07. The highest BCUT2D eigenvalue weighted by atomic mass is 16.5. The molecule has 0 amide bonds. The number of ether oxygens (including phenoxy) is 1. The molecule has 0 atom stereocenters. The molecule has 0 saturated carbocycles. The molecule has 20 heavy (non-hydrogen) atoms. The number of hydrogen-bond acceptors (Lipinski definition) is 4. The molecule has 0 spiro atoms. The highest BCUT2D eigenvalue weighted by Gasteiger charge is 2.14. The van der Waals surface area contributed by atoms with Gasteiger partial charge in [0.05, 0.1) is 13.4 Å². The molecule has 0 saturated heterocycles. The number of nitrogens with one attached hydrogen (secondary N) is 1. The van der Waals surface area contributed by atoms with Gasteiger partial charge >= 0.3 is 0 Å². The number of rotatable bonds is 4. The van der Waals surface area contributed by atoms with Crippen LogP contribution in [-0.4, -0.2) is 42.6 Å². The van der Waals surface area contributed by atoms with E-state index in [1.165, 1.54) is 0 Å². The number of nitriles is 1. The fourth-order valence-electron chi connectivity index (χ4n) is 1.66. The standard InChI is InChI=1S/C14H15N5O/c1-19(2)9-16-14-12(8-15)13(17-18-14)10-4-6-11(20-3)7-5-10/h4-7,9H,1-3H3,(H,17,18)/b16-9-. The minimum atomic E-state index is 0.424. The van der Waals surface area contributed by atoms with E-state index >= 15 is 0 Å². The molecule has 0 bridgehead atoms. The molecule has 1 N–H and O–H groups in total. The summed E-state index contributed by atoms with van der Waals surface area (Å²) in [6.07, 6.45) is 1.62. The average Bonchev–Trinajstić information content (AvgIpc) is 2.88. The van der Waals surface area contributed by atoms with Crippen molar-refractivity contribution in [1.29, 1.82) is 5.26 Å². The molecule has 0 aliphatic carbocycles. The molecule has 0 radical (unpaired) electrons. The van der Waals surface area contributed by atoms with Crippen molar-refractivity contribution in [3.05, 3.63) is 29.8 Å². The smallest absolute Gasteiger partial charge is 0.168 e. The van der Waals surface area contributed by atoms with E-state index in [1.807, 2.05) is 38.4 Å². The molecule has 1 aromatic heterocycles. The zero-order valence-electron chi connectivity index (χ0n) is 11.6. The summed E-state index contributed by atoms with van der Waals surface area (Å²) in [4.78, 5) is 5.98. The van der Waals surface area contributed by atoms with Crippen LogP contribution in [0.2, 0.25) is 0 Å². The third kappa shape index (κ3) is 2.78. The molecule has 0 aliphatic heterocycles. The van der Waals surface area contributed by atoms with Crippen LogP contribution in [0.5, 0.6) is 5.75 Å². The quantitative estimate of drug-likeness (QED) is 0.681. The third-order valence-corrected chi connectivity index (χ3v) is 2.64. The fourth-order valence-corrected chi connectivity index (χ4v) is 1.66. The first-order valence-electron chi connectivity index (χ1n) is 5.99. The van der Waals surface area contributed by atoms with E-state index in [9.17, 15) is 5.26 Å². The molecule has 6 nitrogen and oxygen atoms in total. The van der Waals surface area contributed by atoms with Crippen LogP contribution in [0.1, 0.15) is 5.56 Å². The Balaban J connectivity index is 2.39. The molecular formula is C14H15N5O. The van der Waals surface area contributed by atoms with Gasteiger partial charge in [-0.05, 0) is 24.3 Å². The summed E-state index contributed by atoms with van der Waals surface area (Å²) in [6, 6.07) is 9.51. The van der Waals surface area contributed by atoms with E-state index in [2.05, 4.69) is 21.3 Å². The van der Waals surface area contributed by atoms with Crippen LogP contribution in [0.15, 0.2) is 29.3 Å². The van der Waals surface area contributed by atoms with Crippen LogP contribution in [-0.2, 0) is 0 Å². The minimum absolute atomic E-state index is 0.424. The van der Waals surface area contributed by atoms with E-state index in [0.29, 0.717) is 17.1 Å². The fraction of sp³-hybridized carbons (Fsp3) is 0.214. The summed E-state index contributed by atoms with van der Waals surface area (Å²) in [6.45, 7) is 0. The van der Waals surface area contributed by atoms with Crippen molar-refractivity contribution in [2.24, 2.45) is 4.99 Å². The SMILES string of the molecule is COc1ccc(-c2n[nH]c(/N=C\N(C)C)c2C#N)cc1. The number of benzene rings is 1. The van der Waals surface area contributed by atoms with E-state index < -0.39 is 0 Å². The Morgan fingerprint density at radius 2 is 2.05 bits per heavy atom. The minimum Gasteiger partial charge on any atom is -0.497 e. The van der Waals surface area contributed by atoms with Gasteiger partial charge in [-0.1, -0.05) is 0 Å². The van der Waals surface area contributed by atoms with Crippen molar-refractivity contribution in [3.8, 4) is 23.1 Å². The molecule has 2 aromatic rings. The Morgan fingerprint density at radius 1 is 1.35 bits per heavy atom. The van der Waals surface area contributed by atoms with Crippen molar-refractivity contribution in [3.63, 3.8) is 0 Å². The van der Waals surface area contributed by atoms with Crippen molar-refractivity contribution >= 4 is 12.2 Å². The van der Waals surface area contributed by atoms with Crippen molar-refractivity contribution in [2.45, 2.75) is 0 Å². The van der Waals surface area contributed by atoms with Gasteiger partial charge in [-0.3, -0.25) is 5.10 Å². The number of H-pyrrole nitrogens is 1. The summed E-state index contributed by atoms with van der Waals surface area (Å²) in [7, 11) is 5.32. The van der Waals surface area contributed by atoms with Gasteiger partial charge in [-0.25, -0.2) is 4.99 Å². The van der Waals surface area contributed by atoms with E-state index in [1.54, 1.807) is 18.3 Å². The molecule has 0 fully saturated rings. The average molecular weight is 269 g/mol. The van der Waals surface area contributed by atoms with Crippen LogP contribution in [0, 0.1) is 11.3 Å². The van der Waals surface area contributed by atoms with Crippen molar-refractivity contribution in [1.82, 2.24) is 15.1 Å². The van der Waals surface area contributed by atoms with Crippen LogP contribution in [0.25, 0.3) is 11.3 Å². The van der Waals surface area contributed by atoms with Crippen LogP contribution >= 0.6 is 0 Å². The van der Waals surface area contributed by atoms with Crippen molar-refractivity contribution in [2.75, 3.05) is 21.2 Å². The van der Waals surface area contributed by atoms with Gasteiger partial charge in [-0.15, -0.1) is 0 Å². The monoisotopic (exact) mass is 269 g/mol. The molecule has 6 heteroatoms. The maximum absolute atomic E-state index is 9.29. The molecule has 0 unspecified atom stereocenters. The normalized spacial score (nSPS) is 10.5. The van der Waals surface area contributed by atoms with Crippen LogP contribution < -0.4 is 4.74 Å². The third-order valence-electron chi connectivity index (χ3n) is 2.64. The predicted octanol–water partition coefficient (Wildman–Crippen LogP) is 2.18. The molecule has 1 heterocycles. The van der Waals surface area contributed by atoms with Gasteiger partial charge in [0.15, 0.2) is 5.82 Å². The van der Waals surface area contributed by atoms with E-state index in [0.717, 1.165) is 11.3 Å². The first kappa shape index (κ1) is 13.6. The zero-order valence-corrected chi connectivity index (χ0v) is 11.6. The Kier molecular flexibility index (Phi) is 4.01. The molecular weight excluding hydrogens is 254 g/mol. The summed E-state index contributed by atoms with van der Waals surface area (Å²) in [5, 5.41) is 16.2. The summed E-state index contributed by atoms with van der Waals surface area (Å²) >= 11 is 0. The number of aromatic amines is 1. The highest BCUT2D eigenvalue weighted by Crippen LogP contribution is 2.28. The van der Waals surface area contributed by atoms with Gasteiger partial charge in [0.25, 0.3) is 0 Å². The van der Waals surface area contributed by atoms with Crippen LogP contribution in [0.3, 0.4) is 0 Å².